The molecule has 0 bridgehead atoms. The minimum Gasteiger partial charge on any atom is -0.370 e. The van der Waals surface area contributed by atoms with Gasteiger partial charge in [-0.3, -0.25) is 4.68 Å². The molecule has 0 spiro atoms. The van der Waals surface area contributed by atoms with Gasteiger partial charge in [0.25, 0.3) is 0 Å². The van der Waals surface area contributed by atoms with Gasteiger partial charge in [-0.05, 0) is 40.9 Å². The predicted molar refractivity (Wildman–Crippen MR) is 84.9 cm³/mol. The van der Waals surface area contributed by atoms with Gasteiger partial charge in [0.05, 0.1) is 29.1 Å². The van der Waals surface area contributed by atoms with E-state index in [4.69, 9.17) is 16.3 Å². The van der Waals surface area contributed by atoms with Gasteiger partial charge in [-0.1, -0.05) is 36.7 Å². The molecule has 0 aliphatic heterocycles. The molecule has 0 fully saturated rings. The summed E-state index contributed by atoms with van der Waals surface area (Å²) in [7, 11) is 0. The fourth-order valence-electron chi connectivity index (χ4n) is 2.03. The van der Waals surface area contributed by atoms with Gasteiger partial charge in [0.15, 0.2) is 0 Å². The van der Waals surface area contributed by atoms with Crippen LogP contribution in [0.25, 0.3) is 0 Å². The van der Waals surface area contributed by atoms with Gasteiger partial charge in [-0.15, -0.1) is 0 Å². The van der Waals surface area contributed by atoms with Crippen LogP contribution >= 0.6 is 27.5 Å². The quantitative estimate of drug-likeness (QED) is 0.755. The van der Waals surface area contributed by atoms with Gasteiger partial charge in [0.2, 0.25) is 0 Å². The largest absolute Gasteiger partial charge is 0.370 e. The third-order valence-electron chi connectivity index (χ3n) is 3.15. The van der Waals surface area contributed by atoms with Crippen LogP contribution in [0.2, 0.25) is 5.02 Å². The summed E-state index contributed by atoms with van der Waals surface area (Å²) in [6, 6.07) is 7.74. The number of nitrogens with zero attached hydrogens (tertiary/aromatic N) is 2. The first-order chi connectivity index (χ1) is 9.67. The highest BCUT2D eigenvalue weighted by Gasteiger charge is 2.13. The molecule has 1 aromatic heterocycles. The molecule has 108 valence electrons. The van der Waals surface area contributed by atoms with Gasteiger partial charge in [-0.2, -0.15) is 5.10 Å². The van der Waals surface area contributed by atoms with Crippen LogP contribution in [-0.2, 0) is 30.9 Å². The van der Waals surface area contributed by atoms with Crippen molar-refractivity contribution in [1.82, 2.24) is 9.78 Å². The van der Waals surface area contributed by atoms with Gasteiger partial charge in [0.1, 0.15) is 0 Å². The van der Waals surface area contributed by atoms with E-state index in [0.717, 1.165) is 39.4 Å². The maximum Gasteiger partial charge on any atom is 0.0900 e. The Morgan fingerprint density at radius 3 is 2.65 bits per heavy atom. The lowest BCUT2D eigenvalue weighted by Crippen LogP contribution is -2.05. The van der Waals surface area contributed by atoms with Crippen LogP contribution in [0.5, 0.6) is 0 Å². The molecule has 1 aromatic carbocycles. The number of hydrogen-bond acceptors (Lipinski definition) is 2. The zero-order valence-electron chi connectivity index (χ0n) is 11.7. The topological polar surface area (TPSA) is 27.1 Å². The number of aryl methyl sites for hydroxylation is 2. The molecule has 5 heteroatoms. The SMILES string of the molecule is CCc1nn(CC)c(COCc2ccccc2Cl)c1Br. The van der Waals surface area contributed by atoms with Crippen LogP contribution in [0.1, 0.15) is 30.8 Å². The first-order valence-corrected chi connectivity index (χ1v) is 7.89. The third-order valence-corrected chi connectivity index (χ3v) is 4.43. The van der Waals surface area contributed by atoms with Crippen LogP contribution in [0.3, 0.4) is 0 Å². The van der Waals surface area contributed by atoms with Gasteiger partial charge in [-0.25, -0.2) is 0 Å². The minimum atomic E-state index is 0.502. The number of ether oxygens (including phenoxy) is 1. The second kappa shape index (κ2) is 7.25. The standard InChI is InChI=1S/C15H18BrClN2O/c1-3-13-15(16)14(19(4-2)18-13)10-20-9-11-7-5-6-8-12(11)17/h5-8H,3-4,9-10H2,1-2H3. The number of rotatable bonds is 6. The Bertz CT molecular complexity index is 583. The Morgan fingerprint density at radius 2 is 2.00 bits per heavy atom. The monoisotopic (exact) mass is 356 g/mol. The molecule has 2 rings (SSSR count). The molecule has 0 saturated heterocycles. The second-order valence-electron chi connectivity index (χ2n) is 4.46. The molecule has 3 nitrogen and oxygen atoms in total. The van der Waals surface area contributed by atoms with Gasteiger partial charge in [0, 0.05) is 11.6 Å². The molecular weight excluding hydrogens is 340 g/mol. The summed E-state index contributed by atoms with van der Waals surface area (Å²) in [6.07, 6.45) is 0.908. The molecule has 20 heavy (non-hydrogen) atoms. The molecule has 1 heterocycles. The van der Waals surface area contributed by atoms with Crippen molar-refractivity contribution < 1.29 is 4.74 Å². The predicted octanol–water partition coefficient (Wildman–Crippen LogP) is 4.60. The Morgan fingerprint density at radius 1 is 1.25 bits per heavy atom. The molecule has 0 aliphatic rings. The lowest BCUT2D eigenvalue weighted by molar-refractivity contribution is 0.101. The molecule has 0 unspecified atom stereocenters. The lowest BCUT2D eigenvalue weighted by Gasteiger charge is -2.08. The van der Waals surface area contributed by atoms with E-state index in [1.54, 1.807) is 0 Å². The maximum atomic E-state index is 6.12. The molecule has 0 radical (unpaired) electrons. The van der Waals surface area contributed by atoms with E-state index < -0.39 is 0 Å². The summed E-state index contributed by atoms with van der Waals surface area (Å²) in [5.74, 6) is 0. The summed E-state index contributed by atoms with van der Waals surface area (Å²) in [5.41, 5.74) is 3.16. The van der Waals surface area contributed by atoms with E-state index in [1.165, 1.54) is 0 Å². The molecular formula is C15H18BrClN2O. The molecule has 0 amide bonds. The van der Waals surface area contributed by atoms with E-state index in [2.05, 4.69) is 34.9 Å². The minimum absolute atomic E-state index is 0.502. The normalized spacial score (nSPS) is 11.0. The summed E-state index contributed by atoms with van der Waals surface area (Å²) in [6.45, 7) is 6.04. The van der Waals surface area contributed by atoms with Crippen molar-refractivity contribution >= 4 is 27.5 Å². The molecule has 0 atom stereocenters. The summed E-state index contributed by atoms with van der Waals surface area (Å²) >= 11 is 9.73. The average Bonchev–Trinajstić information content (AvgIpc) is 2.77. The maximum absolute atomic E-state index is 6.12. The number of aromatic nitrogens is 2. The van der Waals surface area contributed by atoms with Crippen molar-refractivity contribution in [2.75, 3.05) is 0 Å². The lowest BCUT2D eigenvalue weighted by atomic mass is 10.2. The average molecular weight is 358 g/mol. The van der Waals surface area contributed by atoms with Crippen molar-refractivity contribution in [1.29, 1.82) is 0 Å². The van der Waals surface area contributed by atoms with Gasteiger partial charge < -0.3 is 4.74 Å². The van der Waals surface area contributed by atoms with Crippen LogP contribution in [-0.4, -0.2) is 9.78 Å². The van der Waals surface area contributed by atoms with E-state index >= 15 is 0 Å². The van der Waals surface area contributed by atoms with Crippen molar-refractivity contribution in [3.63, 3.8) is 0 Å². The zero-order valence-corrected chi connectivity index (χ0v) is 14.0. The fourth-order valence-corrected chi connectivity index (χ4v) is 2.90. The molecule has 0 N–H and O–H groups in total. The van der Waals surface area contributed by atoms with Crippen LogP contribution in [0.15, 0.2) is 28.7 Å². The summed E-state index contributed by atoms with van der Waals surface area (Å²) < 4.78 is 8.83. The van der Waals surface area contributed by atoms with Crippen molar-refractivity contribution in [2.45, 2.75) is 40.0 Å². The van der Waals surface area contributed by atoms with Crippen molar-refractivity contribution in [3.8, 4) is 0 Å². The Labute approximate surface area is 133 Å². The Hall–Kier alpha value is -0.840. The molecule has 0 aliphatic carbocycles. The molecule has 2 aromatic rings. The first-order valence-electron chi connectivity index (χ1n) is 6.72. The number of halogens is 2. The van der Waals surface area contributed by atoms with Crippen LogP contribution < -0.4 is 0 Å². The van der Waals surface area contributed by atoms with Crippen molar-refractivity contribution in [3.05, 3.63) is 50.7 Å². The fraction of sp³-hybridized carbons (Fsp3) is 0.400. The van der Waals surface area contributed by atoms with Crippen LogP contribution in [0.4, 0.5) is 0 Å². The zero-order chi connectivity index (χ0) is 14.5. The third kappa shape index (κ3) is 3.43. The first kappa shape index (κ1) is 15.5. The van der Waals surface area contributed by atoms with E-state index in [1.807, 2.05) is 28.9 Å². The second-order valence-corrected chi connectivity index (χ2v) is 5.66. The Balaban J connectivity index is 2.04. The highest BCUT2D eigenvalue weighted by atomic mass is 79.9. The van der Waals surface area contributed by atoms with Crippen molar-refractivity contribution in [2.24, 2.45) is 0 Å². The highest BCUT2D eigenvalue weighted by Crippen LogP contribution is 2.24. The smallest absolute Gasteiger partial charge is 0.0900 e. The van der Waals surface area contributed by atoms with Gasteiger partial charge >= 0.3 is 0 Å². The van der Waals surface area contributed by atoms with E-state index in [9.17, 15) is 0 Å². The Kier molecular flexibility index (Phi) is 5.64. The summed E-state index contributed by atoms with van der Waals surface area (Å²) in [5, 5.41) is 5.29. The number of benzene rings is 1. The van der Waals surface area contributed by atoms with Crippen LogP contribution in [0, 0.1) is 0 Å². The summed E-state index contributed by atoms with van der Waals surface area (Å²) in [4.78, 5) is 0. The highest BCUT2D eigenvalue weighted by molar-refractivity contribution is 9.10. The number of hydrogen-bond donors (Lipinski definition) is 0. The molecule has 0 saturated carbocycles. The van der Waals surface area contributed by atoms with E-state index in [0.29, 0.717) is 13.2 Å². The van der Waals surface area contributed by atoms with E-state index in [-0.39, 0.29) is 0 Å².